The second-order valence-corrected chi connectivity index (χ2v) is 5.39. The Kier molecular flexibility index (Phi) is 5.66. The molecule has 1 aliphatic carbocycles. The van der Waals surface area contributed by atoms with E-state index in [0.717, 1.165) is 18.5 Å². The molecular weight excluding hydrogens is 248 g/mol. The van der Waals surface area contributed by atoms with Crippen LogP contribution in [0.5, 0.6) is 0 Å². The molecular formula is C17H24N2O. The van der Waals surface area contributed by atoms with E-state index in [1.165, 1.54) is 31.3 Å². The number of nitrogens with one attached hydrogen (secondary N) is 2. The highest BCUT2D eigenvalue weighted by Crippen LogP contribution is 2.19. The number of allylic oxidation sites excluding steroid dienone is 1. The third kappa shape index (κ3) is 4.72. The minimum atomic E-state index is -0.0854. The Labute approximate surface area is 121 Å². The molecule has 0 radical (unpaired) electrons. The molecule has 3 heteroatoms. The highest BCUT2D eigenvalue weighted by molar-refractivity contribution is 5.74. The van der Waals surface area contributed by atoms with Gasteiger partial charge >= 0.3 is 6.03 Å². The summed E-state index contributed by atoms with van der Waals surface area (Å²) in [6.07, 6.45) is 8.31. The summed E-state index contributed by atoms with van der Waals surface area (Å²) in [7, 11) is 0. The van der Waals surface area contributed by atoms with Gasteiger partial charge in [-0.15, -0.1) is 0 Å². The van der Waals surface area contributed by atoms with Crippen molar-refractivity contribution in [3.8, 4) is 0 Å². The van der Waals surface area contributed by atoms with Crippen LogP contribution in [0.1, 0.15) is 50.6 Å². The van der Waals surface area contributed by atoms with Crippen molar-refractivity contribution in [1.82, 2.24) is 10.6 Å². The zero-order chi connectivity index (χ0) is 14.2. The second kappa shape index (κ2) is 7.73. The predicted octanol–water partition coefficient (Wildman–Crippen LogP) is 3.94. The molecule has 0 fully saturated rings. The molecule has 0 heterocycles. The Morgan fingerprint density at radius 2 is 2.05 bits per heavy atom. The first-order valence-corrected chi connectivity index (χ1v) is 7.53. The zero-order valence-corrected chi connectivity index (χ0v) is 12.2. The fourth-order valence-corrected chi connectivity index (χ4v) is 2.54. The highest BCUT2D eigenvalue weighted by atomic mass is 16.2. The van der Waals surface area contributed by atoms with Crippen molar-refractivity contribution >= 4 is 6.03 Å². The third-order valence-electron chi connectivity index (χ3n) is 3.76. The summed E-state index contributed by atoms with van der Waals surface area (Å²) in [5.41, 5.74) is 2.62. The van der Waals surface area contributed by atoms with Gasteiger partial charge in [-0.3, -0.25) is 0 Å². The number of carbonyl (C=O) groups excluding carboxylic acids is 1. The minimum absolute atomic E-state index is 0.0325. The van der Waals surface area contributed by atoms with Gasteiger partial charge in [0.05, 0.1) is 6.04 Å². The topological polar surface area (TPSA) is 41.1 Å². The van der Waals surface area contributed by atoms with Crippen LogP contribution in [0, 0.1) is 0 Å². The van der Waals surface area contributed by atoms with Crippen molar-refractivity contribution in [2.24, 2.45) is 0 Å². The van der Waals surface area contributed by atoms with Crippen molar-refractivity contribution in [1.29, 1.82) is 0 Å². The van der Waals surface area contributed by atoms with Crippen molar-refractivity contribution in [3.63, 3.8) is 0 Å². The summed E-state index contributed by atoms with van der Waals surface area (Å²) in [6, 6.07) is 9.95. The SMILES string of the molecule is C[C@@H](NC(=O)NCCC1=CCCCC1)c1ccccc1. The Hall–Kier alpha value is -1.77. The van der Waals surface area contributed by atoms with Gasteiger partial charge in [0.25, 0.3) is 0 Å². The quantitative estimate of drug-likeness (QED) is 0.783. The van der Waals surface area contributed by atoms with Crippen LogP contribution in [0.4, 0.5) is 4.79 Å². The van der Waals surface area contributed by atoms with Gasteiger partial charge < -0.3 is 10.6 Å². The van der Waals surface area contributed by atoms with Gasteiger partial charge in [-0.05, 0) is 44.6 Å². The van der Waals surface area contributed by atoms with Gasteiger partial charge in [0.15, 0.2) is 0 Å². The molecule has 0 saturated carbocycles. The molecule has 0 saturated heterocycles. The zero-order valence-electron chi connectivity index (χ0n) is 12.2. The Morgan fingerprint density at radius 3 is 2.75 bits per heavy atom. The molecule has 2 amide bonds. The van der Waals surface area contributed by atoms with Crippen molar-refractivity contribution < 1.29 is 4.79 Å². The maximum atomic E-state index is 11.8. The summed E-state index contributed by atoms with van der Waals surface area (Å²) >= 11 is 0. The molecule has 1 aliphatic rings. The van der Waals surface area contributed by atoms with Crippen LogP contribution < -0.4 is 10.6 Å². The number of hydrogen-bond acceptors (Lipinski definition) is 1. The minimum Gasteiger partial charge on any atom is -0.338 e. The van der Waals surface area contributed by atoms with Crippen molar-refractivity contribution in [3.05, 3.63) is 47.5 Å². The maximum Gasteiger partial charge on any atom is 0.315 e. The molecule has 108 valence electrons. The molecule has 2 N–H and O–H groups in total. The average molecular weight is 272 g/mol. The molecule has 1 aromatic carbocycles. The largest absolute Gasteiger partial charge is 0.338 e. The van der Waals surface area contributed by atoms with E-state index in [-0.39, 0.29) is 12.1 Å². The van der Waals surface area contributed by atoms with E-state index in [1.54, 1.807) is 0 Å². The van der Waals surface area contributed by atoms with E-state index in [2.05, 4.69) is 16.7 Å². The van der Waals surface area contributed by atoms with Gasteiger partial charge in [-0.2, -0.15) is 0 Å². The number of benzene rings is 1. The fraction of sp³-hybridized carbons (Fsp3) is 0.471. The highest BCUT2D eigenvalue weighted by Gasteiger charge is 2.09. The fourth-order valence-electron chi connectivity index (χ4n) is 2.54. The molecule has 0 unspecified atom stereocenters. The van der Waals surface area contributed by atoms with E-state index in [9.17, 15) is 4.79 Å². The first kappa shape index (κ1) is 14.6. The monoisotopic (exact) mass is 272 g/mol. The van der Waals surface area contributed by atoms with Crippen LogP contribution in [0.25, 0.3) is 0 Å². The first-order chi connectivity index (χ1) is 9.75. The van der Waals surface area contributed by atoms with E-state index in [4.69, 9.17) is 0 Å². The van der Waals surface area contributed by atoms with Crippen LogP contribution in [-0.2, 0) is 0 Å². The normalized spacial score (nSPS) is 16.1. The van der Waals surface area contributed by atoms with Crippen LogP contribution in [0.3, 0.4) is 0 Å². The number of rotatable bonds is 5. The Morgan fingerprint density at radius 1 is 1.25 bits per heavy atom. The third-order valence-corrected chi connectivity index (χ3v) is 3.76. The summed E-state index contributed by atoms with van der Waals surface area (Å²) in [5.74, 6) is 0. The summed E-state index contributed by atoms with van der Waals surface area (Å²) in [6.45, 7) is 2.72. The lowest BCUT2D eigenvalue weighted by Gasteiger charge is -2.16. The smallest absolute Gasteiger partial charge is 0.315 e. The van der Waals surface area contributed by atoms with Crippen LogP contribution in [0.15, 0.2) is 42.0 Å². The Balaban J connectivity index is 1.69. The lowest BCUT2D eigenvalue weighted by molar-refractivity contribution is 0.238. The van der Waals surface area contributed by atoms with E-state index >= 15 is 0 Å². The molecule has 0 spiro atoms. The number of amides is 2. The summed E-state index contributed by atoms with van der Waals surface area (Å²) in [5, 5.41) is 5.90. The molecule has 3 nitrogen and oxygen atoms in total. The van der Waals surface area contributed by atoms with E-state index in [1.807, 2.05) is 37.3 Å². The molecule has 1 aromatic rings. The molecule has 0 aromatic heterocycles. The molecule has 0 aliphatic heterocycles. The first-order valence-electron chi connectivity index (χ1n) is 7.53. The molecule has 1 atom stereocenters. The van der Waals surface area contributed by atoms with Crippen LogP contribution in [0.2, 0.25) is 0 Å². The standard InChI is InChI=1S/C17H24N2O/c1-14(16-10-6-3-7-11-16)19-17(20)18-13-12-15-8-4-2-5-9-15/h3,6-8,10-11,14H,2,4-5,9,12-13H2,1H3,(H2,18,19,20)/t14-/m1/s1. The van der Waals surface area contributed by atoms with Crippen molar-refractivity contribution in [2.45, 2.75) is 45.1 Å². The number of carbonyl (C=O) groups is 1. The maximum absolute atomic E-state index is 11.8. The van der Waals surface area contributed by atoms with E-state index in [0.29, 0.717) is 0 Å². The van der Waals surface area contributed by atoms with Gasteiger partial charge in [0.2, 0.25) is 0 Å². The summed E-state index contributed by atoms with van der Waals surface area (Å²) in [4.78, 5) is 11.8. The molecule has 0 bridgehead atoms. The van der Waals surface area contributed by atoms with Gasteiger partial charge in [0, 0.05) is 6.54 Å². The van der Waals surface area contributed by atoms with E-state index < -0.39 is 0 Å². The average Bonchev–Trinajstić information content (AvgIpc) is 2.49. The second-order valence-electron chi connectivity index (χ2n) is 5.39. The lowest BCUT2D eigenvalue weighted by Crippen LogP contribution is -2.37. The Bertz CT molecular complexity index is 453. The molecule has 20 heavy (non-hydrogen) atoms. The number of urea groups is 1. The van der Waals surface area contributed by atoms with Crippen molar-refractivity contribution in [2.75, 3.05) is 6.54 Å². The molecule has 2 rings (SSSR count). The summed E-state index contributed by atoms with van der Waals surface area (Å²) < 4.78 is 0. The lowest BCUT2D eigenvalue weighted by atomic mass is 9.97. The number of hydrogen-bond donors (Lipinski definition) is 2. The van der Waals surface area contributed by atoms with Gasteiger partial charge in [-0.25, -0.2) is 4.79 Å². The van der Waals surface area contributed by atoms with Gasteiger partial charge in [-0.1, -0.05) is 42.0 Å². The predicted molar refractivity (Wildman–Crippen MR) is 82.6 cm³/mol. The van der Waals surface area contributed by atoms with Crippen LogP contribution >= 0.6 is 0 Å². The van der Waals surface area contributed by atoms with Crippen LogP contribution in [-0.4, -0.2) is 12.6 Å². The van der Waals surface area contributed by atoms with Gasteiger partial charge in [0.1, 0.15) is 0 Å².